The number of benzene rings is 3. The number of carbonyl (C=O) groups excluding carboxylic acids is 1. The van der Waals surface area contributed by atoms with Gasteiger partial charge in [-0.2, -0.15) is 0 Å². The molecule has 1 N–H and O–H groups in total. The summed E-state index contributed by atoms with van der Waals surface area (Å²) in [6.45, 7) is -0.314. The molecule has 28 heavy (non-hydrogen) atoms. The number of aromatic nitrogens is 1. The lowest BCUT2D eigenvalue weighted by molar-refractivity contribution is -0.118. The summed E-state index contributed by atoms with van der Waals surface area (Å²) in [5.74, 6) is -0.478. The molecule has 0 fully saturated rings. The molecule has 0 aliphatic heterocycles. The molecule has 0 radical (unpaired) electrons. The van der Waals surface area contributed by atoms with Gasteiger partial charge in [-0.25, -0.2) is 9.37 Å². The fourth-order valence-electron chi connectivity index (χ4n) is 2.65. The van der Waals surface area contributed by atoms with Crippen LogP contribution in [-0.2, 0) is 4.79 Å². The Morgan fingerprint density at radius 2 is 1.96 bits per heavy atom. The van der Waals surface area contributed by atoms with Crippen LogP contribution in [0.25, 0.3) is 22.6 Å². The van der Waals surface area contributed by atoms with Crippen LogP contribution in [-0.4, -0.2) is 17.5 Å². The van der Waals surface area contributed by atoms with Crippen molar-refractivity contribution in [1.82, 2.24) is 4.98 Å². The van der Waals surface area contributed by atoms with Crippen molar-refractivity contribution in [2.45, 2.75) is 0 Å². The van der Waals surface area contributed by atoms with Gasteiger partial charge >= 0.3 is 0 Å². The fraction of sp³-hybridized carbons (Fsp3) is 0.0476. The minimum absolute atomic E-state index is 0.0239. The number of nitrogens with one attached hydrogen (secondary N) is 1. The maximum Gasteiger partial charge on any atom is 0.262 e. The van der Waals surface area contributed by atoms with Crippen LogP contribution in [0, 0.1) is 5.82 Å². The van der Waals surface area contributed by atoms with Crippen LogP contribution in [0.3, 0.4) is 0 Å². The topological polar surface area (TPSA) is 64.4 Å². The van der Waals surface area contributed by atoms with E-state index in [9.17, 15) is 9.18 Å². The minimum atomic E-state index is -0.520. The predicted molar refractivity (Wildman–Crippen MR) is 105 cm³/mol. The van der Waals surface area contributed by atoms with Crippen LogP contribution in [0.5, 0.6) is 5.75 Å². The normalized spacial score (nSPS) is 10.8. The van der Waals surface area contributed by atoms with E-state index in [1.807, 2.05) is 12.1 Å². The van der Waals surface area contributed by atoms with Gasteiger partial charge in [-0.15, -0.1) is 0 Å². The standard InChI is InChI=1S/C21H14ClFN2O3/c22-14-5-3-4-13(10-14)21-25-17-11-15(8-9-19(17)28-21)24-20(26)12-27-18-7-2-1-6-16(18)23/h1-11H,12H2,(H,24,26). The largest absolute Gasteiger partial charge is 0.481 e. The third-order valence-corrected chi connectivity index (χ3v) is 4.17. The molecule has 1 aromatic heterocycles. The number of fused-ring (bicyclic) bond motifs is 1. The number of oxazole rings is 1. The van der Waals surface area contributed by atoms with Crippen LogP contribution < -0.4 is 10.1 Å². The van der Waals surface area contributed by atoms with Crippen molar-refractivity contribution in [3.05, 3.63) is 77.6 Å². The second-order valence-corrected chi connectivity index (χ2v) is 6.42. The highest BCUT2D eigenvalue weighted by atomic mass is 35.5. The number of anilines is 1. The van der Waals surface area contributed by atoms with Crippen molar-refractivity contribution in [2.24, 2.45) is 0 Å². The summed E-state index contributed by atoms with van der Waals surface area (Å²) in [6, 6.07) is 18.2. The molecule has 0 saturated heterocycles. The fourth-order valence-corrected chi connectivity index (χ4v) is 2.84. The summed E-state index contributed by atoms with van der Waals surface area (Å²) in [6.07, 6.45) is 0. The molecule has 140 valence electrons. The smallest absolute Gasteiger partial charge is 0.262 e. The van der Waals surface area contributed by atoms with E-state index in [0.29, 0.717) is 27.7 Å². The van der Waals surface area contributed by atoms with Gasteiger partial charge in [0.05, 0.1) is 0 Å². The van der Waals surface area contributed by atoms with Crippen LogP contribution >= 0.6 is 11.6 Å². The summed E-state index contributed by atoms with van der Waals surface area (Å²) < 4.78 is 24.5. The molecular weight excluding hydrogens is 383 g/mol. The highest BCUT2D eigenvalue weighted by molar-refractivity contribution is 6.30. The van der Waals surface area contributed by atoms with E-state index in [1.165, 1.54) is 12.1 Å². The average molecular weight is 397 g/mol. The maximum absolute atomic E-state index is 13.5. The van der Waals surface area contributed by atoms with E-state index < -0.39 is 11.7 Å². The molecule has 0 aliphatic rings. The zero-order chi connectivity index (χ0) is 19.5. The summed E-state index contributed by atoms with van der Waals surface area (Å²) in [5, 5.41) is 3.28. The Balaban J connectivity index is 1.47. The molecule has 0 bridgehead atoms. The summed E-state index contributed by atoms with van der Waals surface area (Å²) in [7, 11) is 0. The zero-order valence-corrected chi connectivity index (χ0v) is 15.2. The molecule has 7 heteroatoms. The molecule has 0 unspecified atom stereocenters. The van der Waals surface area contributed by atoms with Crippen molar-refractivity contribution in [2.75, 3.05) is 11.9 Å². The zero-order valence-electron chi connectivity index (χ0n) is 14.5. The minimum Gasteiger partial charge on any atom is -0.481 e. The first-order valence-corrected chi connectivity index (χ1v) is 8.80. The Labute approximate surface area is 164 Å². The van der Waals surface area contributed by atoms with Gasteiger partial charge in [-0.3, -0.25) is 4.79 Å². The lowest BCUT2D eigenvalue weighted by Crippen LogP contribution is -2.20. The van der Waals surface area contributed by atoms with E-state index in [4.69, 9.17) is 20.8 Å². The van der Waals surface area contributed by atoms with E-state index in [-0.39, 0.29) is 12.4 Å². The van der Waals surface area contributed by atoms with Crippen molar-refractivity contribution in [3.8, 4) is 17.2 Å². The third kappa shape index (κ3) is 3.97. The van der Waals surface area contributed by atoms with Crippen molar-refractivity contribution < 1.29 is 18.3 Å². The third-order valence-electron chi connectivity index (χ3n) is 3.94. The first kappa shape index (κ1) is 18.0. The van der Waals surface area contributed by atoms with Crippen LogP contribution in [0.2, 0.25) is 5.02 Å². The Kier molecular flexibility index (Phi) is 4.95. The van der Waals surface area contributed by atoms with E-state index in [0.717, 1.165) is 5.56 Å². The van der Waals surface area contributed by atoms with Crippen LogP contribution in [0.15, 0.2) is 71.1 Å². The first-order chi connectivity index (χ1) is 13.6. The first-order valence-electron chi connectivity index (χ1n) is 8.42. The number of rotatable bonds is 5. The van der Waals surface area contributed by atoms with Crippen molar-refractivity contribution in [3.63, 3.8) is 0 Å². The quantitative estimate of drug-likeness (QED) is 0.497. The van der Waals surface area contributed by atoms with Gasteiger partial charge in [0.1, 0.15) is 5.52 Å². The molecule has 0 aliphatic carbocycles. The van der Waals surface area contributed by atoms with Crippen LogP contribution in [0.4, 0.5) is 10.1 Å². The number of nitrogens with zero attached hydrogens (tertiary/aromatic N) is 1. The number of ether oxygens (including phenoxy) is 1. The molecule has 5 nitrogen and oxygen atoms in total. The average Bonchev–Trinajstić information content (AvgIpc) is 3.11. The number of hydrogen-bond acceptors (Lipinski definition) is 4. The molecule has 0 spiro atoms. The summed E-state index contributed by atoms with van der Waals surface area (Å²) in [4.78, 5) is 16.5. The number of amides is 1. The molecule has 0 saturated carbocycles. The monoisotopic (exact) mass is 396 g/mol. The number of halogens is 2. The molecule has 1 heterocycles. The van der Waals surface area contributed by atoms with Crippen LogP contribution in [0.1, 0.15) is 0 Å². The molecule has 1 amide bonds. The number of carbonyl (C=O) groups is 1. The molecule has 4 rings (SSSR count). The maximum atomic E-state index is 13.5. The van der Waals surface area contributed by atoms with E-state index in [2.05, 4.69) is 10.3 Å². The molecular formula is C21H14ClFN2O3. The highest BCUT2D eigenvalue weighted by Gasteiger charge is 2.11. The van der Waals surface area contributed by atoms with Gasteiger partial charge in [-0.05, 0) is 48.5 Å². The van der Waals surface area contributed by atoms with Crippen molar-refractivity contribution >= 4 is 34.3 Å². The van der Waals surface area contributed by atoms with Gasteiger partial charge in [0.15, 0.2) is 23.8 Å². The SMILES string of the molecule is O=C(COc1ccccc1F)Nc1ccc2oc(-c3cccc(Cl)c3)nc2c1. The van der Waals surface area contributed by atoms with Gasteiger partial charge in [0.25, 0.3) is 5.91 Å². The summed E-state index contributed by atoms with van der Waals surface area (Å²) in [5.41, 5.74) is 2.45. The lowest BCUT2D eigenvalue weighted by Gasteiger charge is -2.08. The Morgan fingerprint density at radius 1 is 1.11 bits per heavy atom. The van der Waals surface area contributed by atoms with Gasteiger partial charge in [0.2, 0.25) is 5.89 Å². The molecule has 0 atom stereocenters. The second-order valence-electron chi connectivity index (χ2n) is 5.98. The number of hydrogen-bond donors (Lipinski definition) is 1. The summed E-state index contributed by atoms with van der Waals surface area (Å²) >= 11 is 6.01. The van der Waals surface area contributed by atoms with E-state index in [1.54, 1.807) is 42.5 Å². The Morgan fingerprint density at radius 3 is 2.79 bits per heavy atom. The lowest BCUT2D eigenvalue weighted by atomic mass is 10.2. The van der Waals surface area contributed by atoms with Gasteiger partial charge in [0, 0.05) is 16.3 Å². The second kappa shape index (κ2) is 7.70. The number of para-hydroxylation sites is 1. The van der Waals surface area contributed by atoms with Gasteiger partial charge < -0.3 is 14.5 Å². The van der Waals surface area contributed by atoms with E-state index >= 15 is 0 Å². The molecule has 4 aromatic rings. The highest BCUT2D eigenvalue weighted by Crippen LogP contribution is 2.27. The Hall–Kier alpha value is -3.38. The predicted octanol–water partition coefficient (Wildman–Crippen LogP) is 5.30. The molecule has 3 aromatic carbocycles. The van der Waals surface area contributed by atoms with Gasteiger partial charge in [-0.1, -0.05) is 29.8 Å². The Bertz CT molecular complexity index is 1160. The van der Waals surface area contributed by atoms with Crippen molar-refractivity contribution in [1.29, 1.82) is 0 Å².